The van der Waals surface area contributed by atoms with Gasteiger partial charge < -0.3 is 19.5 Å². The molecule has 7 nitrogen and oxygen atoms in total. The molecule has 134 valence electrons. The number of likely N-dealkylation sites (N-methyl/N-ethyl adjacent to an activating group) is 1. The molecule has 2 heterocycles. The molecule has 24 heavy (non-hydrogen) atoms. The molecule has 1 unspecified atom stereocenters. The summed E-state index contributed by atoms with van der Waals surface area (Å²) in [6.45, 7) is -1.88. The number of hydrogen-bond acceptors (Lipinski definition) is 6. The molecule has 1 aliphatic rings. The van der Waals surface area contributed by atoms with Gasteiger partial charge >= 0.3 is 12.6 Å². The summed E-state index contributed by atoms with van der Waals surface area (Å²) in [5.74, 6) is -1.48. The Morgan fingerprint density at radius 1 is 1.58 bits per heavy atom. The van der Waals surface area contributed by atoms with E-state index in [0.717, 1.165) is 11.3 Å². The minimum absolute atomic E-state index is 0.120. The van der Waals surface area contributed by atoms with Crippen LogP contribution in [0.2, 0.25) is 0 Å². The van der Waals surface area contributed by atoms with Gasteiger partial charge in [0.15, 0.2) is 0 Å². The highest BCUT2D eigenvalue weighted by molar-refractivity contribution is 7.12. The van der Waals surface area contributed by atoms with Crippen molar-refractivity contribution in [2.24, 2.45) is 0 Å². The molecule has 1 aliphatic heterocycles. The Balaban J connectivity index is 1.97. The summed E-state index contributed by atoms with van der Waals surface area (Å²) in [6.07, 6.45) is -0.341. The summed E-state index contributed by atoms with van der Waals surface area (Å²) >= 11 is 1.04. The van der Waals surface area contributed by atoms with Crippen LogP contribution >= 0.6 is 11.3 Å². The van der Waals surface area contributed by atoms with Gasteiger partial charge in [-0.05, 0) is 18.5 Å². The van der Waals surface area contributed by atoms with Crippen molar-refractivity contribution < 1.29 is 33.0 Å². The zero-order valence-electron chi connectivity index (χ0n) is 13.0. The number of carboxylic acid groups (broad SMARTS) is 1. The van der Waals surface area contributed by atoms with Gasteiger partial charge in [0.2, 0.25) is 0 Å². The number of nitrogens with zero attached hydrogens (tertiary/aromatic N) is 2. The van der Waals surface area contributed by atoms with E-state index in [9.17, 15) is 18.4 Å². The molecule has 2 rings (SSSR count). The quantitative estimate of drug-likeness (QED) is 0.783. The van der Waals surface area contributed by atoms with E-state index in [1.807, 2.05) is 0 Å². The molecule has 1 fully saturated rings. The smallest absolute Gasteiger partial charge is 0.387 e. The lowest BCUT2D eigenvalue weighted by molar-refractivity contribution is -0.138. The van der Waals surface area contributed by atoms with Gasteiger partial charge in [-0.1, -0.05) is 0 Å². The fourth-order valence-electron chi connectivity index (χ4n) is 2.44. The van der Waals surface area contributed by atoms with E-state index < -0.39 is 18.5 Å². The standard InChI is InChI=1S/C14H18F2N2O5S/c1-17(8-11(19)20)6-9-7-18(3-4-22-9)13(21)12-10(2-5-24-12)23-14(15)16/h2,5,9,14H,3-4,6-8H2,1H3,(H,19,20). The van der Waals surface area contributed by atoms with Gasteiger partial charge in [0.05, 0.1) is 19.3 Å². The summed E-state index contributed by atoms with van der Waals surface area (Å²) in [4.78, 5) is 26.4. The first-order valence-corrected chi connectivity index (χ1v) is 8.08. The van der Waals surface area contributed by atoms with Crippen molar-refractivity contribution in [2.45, 2.75) is 12.7 Å². The van der Waals surface area contributed by atoms with E-state index in [1.54, 1.807) is 11.9 Å². The molecule has 1 atom stereocenters. The summed E-state index contributed by atoms with van der Waals surface area (Å²) < 4.78 is 34.7. The van der Waals surface area contributed by atoms with E-state index in [0.29, 0.717) is 19.7 Å². The highest BCUT2D eigenvalue weighted by Crippen LogP contribution is 2.28. The number of alkyl halides is 2. The molecule has 0 aliphatic carbocycles. The molecular weight excluding hydrogens is 346 g/mol. The Morgan fingerprint density at radius 3 is 3.00 bits per heavy atom. The van der Waals surface area contributed by atoms with Gasteiger partial charge in [-0.3, -0.25) is 14.5 Å². The Kier molecular flexibility index (Phi) is 6.46. The van der Waals surface area contributed by atoms with Crippen LogP contribution in [0.4, 0.5) is 8.78 Å². The van der Waals surface area contributed by atoms with Gasteiger partial charge in [-0.15, -0.1) is 11.3 Å². The van der Waals surface area contributed by atoms with Crippen molar-refractivity contribution in [3.05, 3.63) is 16.3 Å². The molecule has 1 saturated heterocycles. The molecule has 1 aromatic rings. The van der Waals surface area contributed by atoms with Crippen LogP contribution in [0.25, 0.3) is 0 Å². The third-order valence-corrected chi connectivity index (χ3v) is 4.27. The predicted octanol–water partition coefficient (Wildman–Crippen LogP) is 1.21. The van der Waals surface area contributed by atoms with Gasteiger partial charge in [0, 0.05) is 19.6 Å². The van der Waals surface area contributed by atoms with Crippen molar-refractivity contribution in [2.75, 3.05) is 39.8 Å². The molecule has 0 radical (unpaired) electrons. The number of carboxylic acids is 1. The van der Waals surface area contributed by atoms with Gasteiger partial charge in [0.25, 0.3) is 5.91 Å². The van der Waals surface area contributed by atoms with Crippen molar-refractivity contribution in [1.29, 1.82) is 0 Å². The average Bonchev–Trinajstić information content (AvgIpc) is 2.93. The number of halogens is 2. The number of aliphatic carboxylic acids is 1. The topological polar surface area (TPSA) is 79.3 Å². The van der Waals surface area contributed by atoms with Crippen LogP contribution in [-0.2, 0) is 9.53 Å². The number of rotatable bonds is 7. The van der Waals surface area contributed by atoms with Crippen molar-refractivity contribution >= 4 is 23.2 Å². The van der Waals surface area contributed by atoms with Crippen LogP contribution in [0.1, 0.15) is 9.67 Å². The number of carbonyl (C=O) groups is 2. The first-order chi connectivity index (χ1) is 11.4. The van der Waals surface area contributed by atoms with Crippen LogP contribution < -0.4 is 4.74 Å². The number of hydrogen-bond donors (Lipinski definition) is 1. The number of ether oxygens (including phenoxy) is 2. The van der Waals surface area contributed by atoms with Gasteiger partial charge in [-0.25, -0.2) is 0 Å². The lowest BCUT2D eigenvalue weighted by Crippen LogP contribution is -2.49. The maximum absolute atomic E-state index is 12.5. The molecule has 10 heteroatoms. The highest BCUT2D eigenvalue weighted by Gasteiger charge is 2.29. The van der Waals surface area contributed by atoms with Crippen molar-refractivity contribution in [3.8, 4) is 5.75 Å². The Bertz CT molecular complexity index is 583. The average molecular weight is 364 g/mol. The highest BCUT2D eigenvalue weighted by atomic mass is 32.1. The van der Waals surface area contributed by atoms with Gasteiger partial charge in [0.1, 0.15) is 10.6 Å². The third-order valence-electron chi connectivity index (χ3n) is 3.39. The van der Waals surface area contributed by atoms with Gasteiger partial charge in [-0.2, -0.15) is 8.78 Å². The summed E-state index contributed by atoms with van der Waals surface area (Å²) in [5, 5.41) is 10.3. The third kappa shape index (κ3) is 5.11. The molecule has 0 spiro atoms. The zero-order chi connectivity index (χ0) is 17.7. The second kappa shape index (κ2) is 8.36. The van der Waals surface area contributed by atoms with E-state index in [1.165, 1.54) is 16.3 Å². The number of morpholine rings is 1. The normalized spacial score (nSPS) is 18.2. The molecule has 1 amide bonds. The first-order valence-electron chi connectivity index (χ1n) is 7.20. The Morgan fingerprint density at radius 2 is 2.33 bits per heavy atom. The monoisotopic (exact) mass is 364 g/mol. The maximum Gasteiger partial charge on any atom is 0.387 e. The number of amides is 1. The maximum atomic E-state index is 12.5. The Labute approximate surface area is 141 Å². The first kappa shape index (κ1) is 18.6. The largest absolute Gasteiger partial charge is 0.480 e. The molecule has 0 saturated carbocycles. The predicted molar refractivity (Wildman–Crippen MR) is 81.7 cm³/mol. The minimum atomic E-state index is -2.99. The van der Waals surface area contributed by atoms with Crippen LogP contribution in [0.5, 0.6) is 5.75 Å². The van der Waals surface area contributed by atoms with Crippen LogP contribution in [0.15, 0.2) is 11.4 Å². The fraction of sp³-hybridized carbons (Fsp3) is 0.571. The zero-order valence-corrected chi connectivity index (χ0v) is 13.8. The molecular formula is C14H18F2N2O5S. The van der Waals surface area contributed by atoms with Crippen LogP contribution in [-0.4, -0.2) is 79.3 Å². The number of carbonyl (C=O) groups excluding carboxylic acids is 1. The second-order valence-corrected chi connectivity index (χ2v) is 6.24. The summed E-state index contributed by atoms with van der Waals surface area (Å²) in [5.41, 5.74) is 0. The molecule has 0 aromatic carbocycles. The van der Waals surface area contributed by atoms with E-state index in [4.69, 9.17) is 9.84 Å². The minimum Gasteiger partial charge on any atom is -0.480 e. The summed E-state index contributed by atoms with van der Waals surface area (Å²) in [7, 11) is 1.64. The van der Waals surface area contributed by atoms with Crippen molar-refractivity contribution in [3.63, 3.8) is 0 Å². The molecule has 1 aromatic heterocycles. The van der Waals surface area contributed by atoms with Crippen molar-refractivity contribution in [1.82, 2.24) is 9.80 Å². The molecule has 1 N–H and O–H groups in total. The van der Waals surface area contributed by atoms with Crippen LogP contribution in [0.3, 0.4) is 0 Å². The Hall–Kier alpha value is -1.78. The lowest BCUT2D eigenvalue weighted by atomic mass is 10.2. The fourth-order valence-corrected chi connectivity index (χ4v) is 3.23. The van der Waals surface area contributed by atoms with E-state index >= 15 is 0 Å². The lowest BCUT2D eigenvalue weighted by Gasteiger charge is -2.34. The van der Waals surface area contributed by atoms with E-state index in [-0.39, 0.29) is 29.8 Å². The number of thiophene rings is 1. The second-order valence-electron chi connectivity index (χ2n) is 5.33. The SMILES string of the molecule is CN(CC(=O)O)CC1CN(C(=O)c2sccc2OC(F)F)CCO1. The van der Waals surface area contributed by atoms with Crippen LogP contribution in [0, 0.1) is 0 Å². The van der Waals surface area contributed by atoms with E-state index in [2.05, 4.69) is 4.74 Å². The molecule has 0 bridgehead atoms. The summed E-state index contributed by atoms with van der Waals surface area (Å²) in [6, 6.07) is 1.34.